The Hall–Kier alpha value is -2.36. The van der Waals surface area contributed by atoms with Gasteiger partial charge in [-0.05, 0) is 44.0 Å². The molecule has 0 aliphatic heterocycles. The SMILES string of the molecule is CCCCCCCCCCCCCCCCOc1ccc(N=Nc2ccc(C)cc2)c(OCCCCCCCCCCCCCCCC)c1. The van der Waals surface area contributed by atoms with Crippen LogP contribution in [0.5, 0.6) is 11.5 Å². The minimum atomic E-state index is 0.702. The summed E-state index contributed by atoms with van der Waals surface area (Å²) in [6.07, 6.45) is 38.1. The zero-order valence-corrected chi connectivity index (χ0v) is 32.5. The van der Waals surface area contributed by atoms with E-state index in [0.717, 1.165) is 42.3 Å². The van der Waals surface area contributed by atoms with Crippen molar-refractivity contribution in [2.45, 2.75) is 201 Å². The molecule has 0 spiro atoms. The van der Waals surface area contributed by atoms with Gasteiger partial charge >= 0.3 is 0 Å². The molecule has 0 saturated carbocycles. The summed E-state index contributed by atoms with van der Waals surface area (Å²) in [7, 11) is 0. The summed E-state index contributed by atoms with van der Waals surface area (Å²) < 4.78 is 12.4. The first kappa shape index (κ1) is 42.8. The number of benzene rings is 2. The van der Waals surface area contributed by atoms with Crippen LogP contribution in [0.25, 0.3) is 0 Å². The fourth-order valence-electron chi connectivity index (χ4n) is 6.47. The molecular formula is C45H76N2O2. The normalized spacial score (nSPS) is 11.5. The molecule has 49 heavy (non-hydrogen) atoms. The number of aryl methyl sites for hydroxylation is 1. The highest BCUT2D eigenvalue weighted by Crippen LogP contribution is 2.33. The van der Waals surface area contributed by atoms with Crippen molar-refractivity contribution in [1.29, 1.82) is 0 Å². The van der Waals surface area contributed by atoms with Gasteiger partial charge in [0.2, 0.25) is 0 Å². The van der Waals surface area contributed by atoms with E-state index in [1.807, 2.05) is 30.3 Å². The first-order chi connectivity index (χ1) is 24.2. The highest BCUT2D eigenvalue weighted by atomic mass is 16.5. The quantitative estimate of drug-likeness (QED) is 0.0547. The van der Waals surface area contributed by atoms with E-state index in [0.29, 0.717) is 6.61 Å². The summed E-state index contributed by atoms with van der Waals surface area (Å²) in [5.74, 6) is 1.63. The Morgan fingerprint density at radius 1 is 0.408 bits per heavy atom. The number of hydrogen-bond donors (Lipinski definition) is 0. The second kappa shape index (κ2) is 31.6. The van der Waals surface area contributed by atoms with Crippen molar-refractivity contribution in [2.75, 3.05) is 13.2 Å². The molecular weight excluding hydrogens is 601 g/mol. The standard InChI is InChI=1S/C45H76N2O2/c1-4-6-8-10-12-14-16-18-20-22-24-26-28-30-38-48-43-36-37-44(47-46-42-34-32-41(3)33-35-42)45(40-43)49-39-31-29-27-25-23-21-19-17-15-13-11-9-7-5-2/h32-37,40H,4-31,38-39H2,1-3H3. The zero-order valence-electron chi connectivity index (χ0n) is 32.5. The van der Waals surface area contributed by atoms with Gasteiger partial charge in [0.1, 0.15) is 17.2 Å². The van der Waals surface area contributed by atoms with Gasteiger partial charge in [-0.2, -0.15) is 5.11 Å². The molecule has 0 aliphatic carbocycles. The van der Waals surface area contributed by atoms with Gasteiger partial charge in [0.15, 0.2) is 0 Å². The summed E-state index contributed by atoms with van der Waals surface area (Å²) in [5.41, 5.74) is 2.83. The van der Waals surface area contributed by atoms with Crippen molar-refractivity contribution in [3.63, 3.8) is 0 Å². The molecule has 0 aliphatic rings. The Morgan fingerprint density at radius 3 is 1.22 bits per heavy atom. The van der Waals surface area contributed by atoms with Gasteiger partial charge < -0.3 is 9.47 Å². The van der Waals surface area contributed by atoms with Crippen LogP contribution in [-0.4, -0.2) is 13.2 Å². The Labute approximate surface area is 303 Å². The lowest BCUT2D eigenvalue weighted by Gasteiger charge is -2.12. The largest absolute Gasteiger partial charge is 0.493 e. The van der Waals surface area contributed by atoms with Gasteiger partial charge in [0.05, 0.1) is 18.9 Å². The van der Waals surface area contributed by atoms with Crippen LogP contribution in [0.15, 0.2) is 52.7 Å². The van der Waals surface area contributed by atoms with Crippen molar-refractivity contribution in [2.24, 2.45) is 10.2 Å². The second-order valence-electron chi connectivity index (χ2n) is 14.6. The third-order valence-corrected chi connectivity index (χ3v) is 9.76. The van der Waals surface area contributed by atoms with Crippen LogP contribution in [0.2, 0.25) is 0 Å². The molecule has 0 bridgehead atoms. The Morgan fingerprint density at radius 2 is 0.796 bits per heavy atom. The second-order valence-corrected chi connectivity index (χ2v) is 14.6. The van der Waals surface area contributed by atoms with Crippen LogP contribution in [0.1, 0.15) is 199 Å². The van der Waals surface area contributed by atoms with Crippen molar-refractivity contribution < 1.29 is 9.47 Å². The van der Waals surface area contributed by atoms with Gasteiger partial charge in [-0.1, -0.05) is 198 Å². The van der Waals surface area contributed by atoms with E-state index in [1.165, 1.54) is 173 Å². The minimum Gasteiger partial charge on any atom is -0.493 e. The Kier molecular flexibility index (Phi) is 27.6. The average molecular weight is 677 g/mol. The predicted molar refractivity (Wildman–Crippen MR) is 213 cm³/mol. The first-order valence-corrected chi connectivity index (χ1v) is 21.1. The van der Waals surface area contributed by atoms with Crippen molar-refractivity contribution >= 4 is 11.4 Å². The fourth-order valence-corrected chi connectivity index (χ4v) is 6.47. The number of nitrogens with zero attached hydrogens (tertiary/aromatic N) is 2. The number of azo groups is 1. The summed E-state index contributed by atoms with van der Waals surface area (Å²) in [5, 5.41) is 9.04. The molecule has 0 amide bonds. The molecule has 0 fully saturated rings. The molecule has 0 atom stereocenters. The average Bonchev–Trinajstić information content (AvgIpc) is 3.11. The van der Waals surface area contributed by atoms with Crippen molar-refractivity contribution in [3.05, 3.63) is 48.0 Å². The van der Waals surface area contributed by atoms with Crippen LogP contribution in [0, 0.1) is 6.92 Å². The number of rotatable bonds is 34. The van der Waals surface area contributed by atoms with E-state index in [9.17, 15) is 0 Å². The maximum atomic E-state index is 6.29. The van der Waals surface area contributed by atoms with Crippen LogP contribution in [0.3, 0.4) is 0 Å². The smallest absolute Gasteiger partial charge is 0.150 e. The fraction of sp³-hybridized carbons (Fsp3) is 0.733. The van der Waals surface area contributed by atoms with Crippen LogP contribution in [0.4, 0.5) is 11.4 Å². The molecule has 0 radical (unpaired) electrons. The predicted octanol–water partition coefficient (Wildman–Crippen LogP) is 16.1. The van der Waals surface area contributed by atoms with Gasteiger partial charge in [-0.15, -0.1) is 5.11 Å². The molecule has 4 heteroatoms. The molecule has 0 heterocycles. The molecule has 4 nitrogen and oxygen atoms in total. The lowest BCUT2D eigenvalue weighted by atomic mass is 10.0. The monoisotopic (exact) mass is 677 g/mol. The Bertz CT molecular complexity index is 1030. The molecule has 2 aromatic carbocycles. The summed E-state index contributed by atoms with van der Waals surface area (Å²) in [6.45, 7) is 8.12. The Balaban J connectivity index is 1.63. The topological polar surface area (TPSA) is 43.2 Å². The highest BCUT2D eigenvalue weighted by molar-refractivity contribution is 5.55. The minimum absolute atomic E-state index is 0.702. The van der Waals surface area contributed by atoms with E-state index < -0.39 is 0 Å². The molecule has 0 unspecified atom stereocenters. The molecule has 0 N–H and O–H groups in total. The zero-order chi connectivity index (χ0) is 34.9. The van der Waals surface area contributed by atoms with Crippen molar-refractivity contribution in [3.8, 4) is 11.5 Å². The number of ether oxygens (including phenoxy) is 2. The van der Waals surface area contributed by atoms with Gasteiger partial charge in [0.25, 0.3) is 0 Å². The van der Waals surface area contributed by atoms with Crippen LogP contribution >= 0.6 is 0 Å². The molecule has 2 rings (SSSR count). The number of hydrogen-bond acceptors (Lipinski definition) is 4. The molecule has 0 saturated heterocycles. The van der Waals surface area contributed by atoms with Crippen molar-refractivity contribution in [1.82, 2.24) is 0 Å². The van der Waals surface area contributed by atoms with Gasteiger partial charge in [-0.25, -0.2) is 0 Å². The first-order valence-electron chi connectivity index (χ1n) is 21.1. The van der Waals surface area contributed by atoms with E-state index in [4.69, 9.17) is 9.47 Å². The van der Waals surface area contributed by atoms with Gasteiger partial charge in [-0.3, -0.25) is 0 Å². The highest BCUT2D eigenvalue weighted by Gasteiger charge is 2.07. The van der Waals surface area contributed by atoms with Crippen LogP contribution in [-0.2, 0) is 0 Å². The maximum Gasteiger partial charge on any atom is 0.150 e. The third kappa shape index (κ3) is 24.4. The van der Waals surface area contributed by atoms with E-state index in [2.05, 4.69) is 43.1 Å². The van der Waals surface area contributed by atoms with E-state index in [1.54, 1.807) is 0 Å². The van der Waals surface area contributed by atoms with Crippen LogP contribution < -0.4 is 9.47 Å². The molecule has 2 aromatic rings. The van der Waals surface area contributed by atoms with E-state index in [-0.39, 0.29) is 0 Å². The molecule has 0 aromatic heterocycles. The lowest BCUT2D eigenvalue weighted by molar-refractivity contribution is 0.290. The number of unbranched alkanes of at least 4 members (excludes halogenated alkanes) is 26. The lowest BCUT2D eigenvalue weighted by Crippen LogP contribution is -2.00. The molecule has 278 valence electrons. The van der Waals surface area contributed by atoms with Gasteiger partial charge in [0, 0.05) is 6.07 Å². The third-order valence-electron chi connectivity index (χ3n) is 9.76. The summed E-state index contributed by atoms with van der Waals surface area (Å²) >= 11 is 0. The van der Waals surface area contributed by atoms with E-state index >= 15 is 0 Å². The summed E-state index contributed by atoms with van der Waals surface area (Å²) in [6, 6.07) is 14.1. The summed E-state index contributed by atoms with van der Waals surface area (Å²) in [4.78, 5) is 0. The maximum absolute atomic E-state index is 6.29.